The van der Waals surface area contributed by atoms with Crippen LogP contribution in [0.25, 0.3) is 10.9 Å². The fourth-order valence-electron chi connectivity index (χ4n) is 4.81. The van der Waals surface area contributed by atoms with Crippen LogP contribution in [0.4, 0.5) is 0 Å². The van der Waals surface area contributed by atoms with Gasteiger partial charge < -0.3 is 19.5 Å². The Morgan fingerprint density at radius 3 is 2.76 bits per heavy atom. The highest BCUT2D eigenvalue weighted by Gasteiger charge is 2.47. The van der Waals surface area contributed by atoms with Crippen molar-refractivity contribution < 1.29 is 14.3 Å². The third kappa shape index (κ3) is 3.66. The second-order valence-electron chi connectivity index (χ2n) is 8.56. The van der Waals surface area contributed by atoms with Crippen molar-refractivity contribution in [1.29, 1.82) is 0 Å². The molecule has 1 saturated carbocycles. The predicted octanol–water partition coefficient (Wildman–Crippen LogP) is 3.34. The predicted molar refractivity (Wildman–Crippen MR) is 113 cm³/mol. The van der Waals surface area contributed by atoms with Gasteiger partial charge in [0.05, 0.1) is 6.54 Å². The van der Waals surface area contributed by atoms with E-state index in [4.69, 9.17) is 4.74 Å². The molecule has 0 saturated heterocycles. The van der Waals surface area contributed by atoms with E-state index in [9.17, 15) is 9.59 Å². The Bertz CT molecular complexity index is 900. The van der Waals surface area contributed by atoms with Gasteiger partial charge in [-0.2, -0.15) is 0 Å². The van der Waals surface area contributed by atoms with Crippen LogP contribution in [-0.2, 0) is 16.1 Å². The van der Waals surface area contributed by atoms with Crippen molar-refractivity contribution in [1.82, 2.24) is 14.8 Å². The van der Waals surface area contributed by atoms with Crippen molar-refractivity contribution >= 4 is 22.7 Å². The maximum absolute atomic E-state index is 13.5. The molecule has 29 heavy (non-hydrogen) atoms. The number of nitrogens with one attached hydrogen (secondary N) is 1. The normalized spacial score (nSPS) is 22.7. The van der Waals surface area contributed by atoms with Gasteiger partial charge in [-0.25, -0.2) is 0 Å². The van der Waals surface area contributed by atoms with E-state index in [1.807, 2.05) is 41.8 Å². The van der Waals surface area contributed by atoms with Gasteiger partial charge >= 0.3 is 0 Å². The number of hydrogen-bond donors (Lipinski definition) is 1. The largest absolute Gasteiger partial charge is 0.385 e. The second-order valence-corrected chi connectivity index (χ2v) is 8.56. The first-order chi connectivity index (χ1) is 14.0. The number of carbonyl (C=O) groups is 2. The number of amides is 2. The van der Waals surface area contributed by atoms with E-state index in [1.165, 1.54) is 6.42 Å². The SMILES string of the molecule is COCCCN1C(=O)c2cc3ccccc3n2CC1(C)C(=O)NC1CCCCC1. The maximum Gasteiger partial charge on any atom is 0.271 e. The molecular weight excluding hydrogens is 366 g/mol. The van der Waals surface area contributed by atoms with Crippen molar-refractivity contribution in [3.8, 4) is 0 Å². The summed E-state index contributed by atoms with van der Waals surface area (Å²) < 4.78 is 7.21. The van der Waals surface area contributed by atoms with Crippen LogP contribution < -0.4 is 5.32 Å². The van der Waals surface area contributed by atoms with Crippen molar-refractivity contribution in [2.45, 2.75) is 63.6 Å². The topological polar surface area (TPSA) is 63.6 Å². The molecule has 1 N–H and O–H groups in total. The summed E-state index contributed by atoms with van der Waals surface area (Å²) in [5, 5.41) is 4.30. The van der Waals surface area contributed by atoms with Gasteiger partial charge in [0, 0.05) is 37.2 Å². The summed E-state index contributed by atoms with van der Waals surface area (Å²) in [5.41, 5.74) is 0.743. The molecule has 1 aromatic heterocycles. The van der Waals surface area contributed by atoms with Crippen LogP contribution in [0.1, 0.15) is 55.9 Å². The molecule has 0 spiro atoms. The molecule has 1 fully saturated rings. The molecule has 156 valence electrons. The fourth-order valence-corrected chi connectivity index (χ4v) is 4.81. The molecular formula is C23H31N3O3. The summed E-state index contributed by atoms with van der Waals surface area (Å²) in [6, 6.07) is 10.1. The van der Waals surface area contributed by atoms with Gasteiger partial charge in [0.2, 0.25) is 5.91 Å². The van der Waals surface area contributed by atoms with Crippen molar-refractivity contribution in [2.75, 3.05) is 20.3 Å². The minimum Gasteiger partial charge on any atom is -0.385 e. The second kappa shape index (κ2) is 8.19. The minimum atomic E-state index is -0.920. The Morgan fingerprint density at radius 1 is 1.24 bits per heavy atom. The van der Waals surface area contributed by atoms with E-state index in [0.29, 0.717) is 31.8 Å². The van der Waals surface area contributed by atoms with E-state index < -0.39 is 5.54 Å². The zero-order valence-corrected chi connectivity index (χ0v) is 17.4. The van der Waals surface area contributed by atoms with Crippen LogP contribution in [0, 0.1) is 0 Å². The van der Waals surface area contributed by atoms with E-state index in [0.717, 1.165) is 36.6 Å². The molecule has 0 radical (unpaired) electrons. The summed E-state index contributed by atoms with van der Waals surface area (Å²) in [7, 11) is 1.66. The highest BCUT2D eigenvalue weighted by molar-refractivity contribution is 6.03. The van der Waals surface area contributed by atoms with Crippen LogP contribution in [0.3, 0.4) is 0 Å². The lowest BCUT2D eigenvalue weighted by molar-refractivity contribution is -0.133. The number of ether oxygens (including phenoxy) is 1. The zero-order chi connectivity index (χ0) is 20.4. The highest BCUT2D eigenvalue weighted by atomic mass is 16.5. The Hall–Kier alpha value is -2.34. The number of carbonyl (C=O) groups excluding carboxylic acids is 2. The third-order valence-electron chi connectivity index (χ3n) is 6.50. The van der Waals surface area contributed by atoms with Gasteiger partial charge in [0.25, 0.3) is 5.91 Å². The number of benzene rings is 1. The molecule has 1 aliphatic carbocycles. The standard InChI is InChI=1S/C23H31N3O3/c1-23(22(28)24-18-10-4-3-5-11-18)16-25-19-12-7-6-9-17(19)15-20(25)21(27)26(23)13-8-14-29-2/h6-7,9,12,15,18H,3-5,8,10-11,13-14,16H2,1-2H3,(H,24,28). The molecule has 2 amide bonds. The van der Waals surface area contributed by atoms with Crippen LogP contribution >= 0.6 is 0 Å². The van der Waals surface area contributed by atoms with Crippen LogP contribution in [-0.4, -0.2) is 53.1 Å². The summed E-state index contributed by atoms with van der Waals surface area (Å²) in [5.74, 6) is -0.122. The van der Waals surface area contributed by atoms with E-state index in [2.05, 4.69) is 5.32 Å². The van der Waals surface area contributed by atoms with Crippen molar-refractivity contribution in [3.05, 3.63) is 36.0 Å². The van der Waals surface area contributed by atoms with E-state index >= 15 is 0 Å². The van der Waals surface area contributed by atoms with Crippen LogP contribution in [0.2, 0.25) is 0 Å². The Labute approximate surface area is 172 Å². The Balaban J connectivity index is 1.68. The van der Waals surface area contributed by atoms with E-state index in [-0.39, 0.29) is 17.9 Å². The number of rotatable bonds is 6. The fraction of sp³-hybridized carbons (Fsp3) is 0.565. The zero-order valence-electron chi connectivity index (χ0n) is 17.4. The van der Waals surface area contributed by atoms with Gasteiger partial charge in [0.15, 0.2) is 0 Å². The number of para-hydroxylation sites is 1. The molecule has 2 aromatic rings. The number of hydrogen-bond acceptors (Lipinski definition) is 3. The smallest absolute Gasteiger partial charge is 0.271 e. The summed E-state index contributed by atoms with van der Waals surface area (Å²) in [6.45, 7) is 3.44. The highest BCUT2D eigenvalue weighted by Crippen LogP contribution is 2.33. The molecule has 1 atom stereocenters. The molecule has 0 bridgehead atoms. The van der Waals surface area contributed by atoms with E-state index in [1.54, 1.807) is 12.0 Å². The Kier molecular flexibility index (Phi) is 5.63. The van der Waals surface area contributed by atoms with Gasteiger partial charge in [-0.05, 0) is 38.3 Å². The van der Waals surface area contributed by atoms with Crippen LogP contribution in [0.15, 0.2) is 30.3 Å². The molecule has 2 aliphatic rings. The van der Waals surface area contributed by atoms with Gasteiger partial charge in [-0.3, -0.25) is 9.59 Å². The molecule has 2 heterocycles. The average Bonchev–Trinajstić information content (AvgIpc) is 3.10. The lowest BCUT2D eigenvalue weighted by atomic mass is 9.91. The summed E-state index contributed by atoms with van der Waals surface area (Å²) in [6.07, 6.45) is 6.31. The number of fused-ring (bicyclic) bond motifs is 3. The monoisotopic (exact) mass is 397 g/mol. The lowest BCUT2D eigenvalue weighted by Crippen LogP contribution is -2.65. The lowest BCUT2D eigenvalue weighted by Gasteiger charge is -2.45. The van der Waals surface area contributed by atoms with Gasteiger partial charge in [-0.1, -0.05) is 37.5 Å². The summed E-state index contributed by atoms with van der Waals surface area (Å²) in [4.78, 5) is 28.7. The molecule has 1 unspecified atom stereocenters. The van der Waals surface area contributed by atoms with Crippen molar-refractivity contribution in [3.63, 3.8) is 0 Å². The molecule has 6 heteroatoms. The quantitative estimate of drug-likeness (QED) is 0.761. The molecule has 6 nitrogen and oxygen atoms in total. The molecule has 1 aliphatic heterocycles. The van der Waals surface area contributed by atoms with Gasteiger partial charge in [0.1, 0.15) is 11.2 Å². The minimum absolute atomic E-state index is 0.0430. The average molecular weight is 398 g/mol. The van der Waals surface area contributed by atoms with Crippen LogP contribution in [0.5, 0.6) is 0 Å². The summed E-state index contributed by atoms with van der Waals surface area (Å²) >= 11 is 0. The maximum atomic E-state index is 13.5. The molecule has 4 rings (SSSR count). The van der Waals surface area contributed by atoms with Crippen molar-refractivity contribution in [2.24, 2.45) is 0 Å². The number of aromatic nitrogens is 1. The number of methoxy groups -OCH3 is 1. The molecule has 1 aromatic carbocycles. The van der Waals surface area contributed by atoms with Gasteiger partial charge in [-0.15, -0.1) is 0 Å². The number of nitrogens with zero attached hydrogens (tertiary/aromatic N) is 2. The third-order valence-corrected chi connectivity index (χ3v) is 6.50. The first-order valence-electron chi connectivity index (χ1n) is 10.7. The first-order valence-corrected chi connectivity index (χ1v) is 10.7. The Morgan fingerprint density at radius 2 is 2.00 bits per heavy atom. The first kappa shape index (κ1) is 20.0.